The number of aryl methyl sites for hydroxylation is 1. The number of aromatic nitrogens is 2. The quantitative estimate of drug-likeness (QED) is 0.787. The van der Waals surface area contributed by atoms with Gasteiger partial charge in [-0.15, -0.1) is 0 Å². The highest BCUT2D eigenvalue weighted by Crippen LogP contribution is 2.22. The summed E-state index contributed by atoms with van der Waals surface area (Å²) in [5.41, 5.74) is 0.712. The molecule has 0 unspecified atom stereocenters. The predicted molar refractivity (Wildman–Crippen MR) is 103 cm³/mol. The third kappa shape index (κ3) is 3.92. The van der Waals surface area contributed by atoms with E-state index in [4.69, 9.17) is 0 Å². The van der Waals surface area contributed by atoms with E-state index in [-0.39, 0.29) is 5.91 Å². The molecule has 1 amide bonds. The molecule has 2 aromatic rings. The van der Waals surface area contributed by atoms with Crippen molar-refractivity contribution in [2.45, 2.75) is 6.92 Å². The second kappa shape index (κ2) is 7.39. The van der Waals surface area contributed by atoms with E-state index < -0.39 is 0 Å². The zero-order valence-corrected chi connectivity index (χ0v) is 16.3. The fourth-order valence-electron chi connectivity index (χ4n) is 2.87. The van der Waals surface area contributed by atoms with Crippen LogP contribution in [0.3, 0.4) is 0 Å². The smallest absolute Gasteiger partial charge is 0.255 e. The Hall–Kier alpha value is -2.15. The van der Waals surface area contributed by atoms with Crippen molar-refractivity contribution < 1.29 is 4.79 Å². The van der Waals surface area contributed by atoms with Crippen LogP contribution in [-0.4, -0.2) is 61.0 Å². The molecule has 1 aliphatic rings. The molecule has 7 heteroatoms. The predicted octanol–water partition coefficient (Wildman–Crippen LogP) is 2.58. The van der Waals surface area contributed by atoms with E-state index in [1.807, 2.05) is 61.2 Å². The van der Waals surface area contributed by atoms with Crippen LogP contribution in [0.2, 0.25) is 0 Å². The Morgan fingerprint density at radius 1 is 1.12 bits per heavy atom. The SMILES string of the molecule is Cc1nc(N(C)C)cc(N2CCN(C(=O)c3ccccc3Br)CC2)n1. The van der Waals surface area contributed by atoms with E-state index in [2.05, 4.69) is 30.8 Å². The molecule has 132 valence electrons. The molecule has 1 aromatic carbocycles. The molecule has 0 saturated carbocycles. The van der Waals surface area contributed by atoms with Gasteiger partial charge in [-0.25, -0.2) is 9.97 Å². The first-order valence-electron chi connectivity index (χ1n) is 8.27. The van der Waals surface area contributed by atoms with Crippen LogP contribution in [-0.2, 0) is 0 Å². The molecule has 0 spiro atoms. The van der Waals surface area contributed by atoms with E-state index >= 15 is 0 Å². The van der Waals surface area contributed by atoms with E-state index in [0.29, 0.717) is 18.7 Å². The van der Waals surface area contributed by atoms with Gasteiger partial charge < -0.3 is 14.7 Å². The number of amides is 1. The molecule has 25 heavy (non-hydrogen) atoms. The molecular weight excluding hydrogens is 382 g/mol. The van der Waals surface area contributed by atoms with Crippen LogP contribution in [0.25, 0.3) is 0 Å². The molecule has 1 aromatic heterocycles. The second-order valence-electron chi connectivity index (χ2n) is 6.29. The third-order valence-electron chi connectivity index (χ3n) is 4.26. The van der Waals surface area contributed by atoms with Crippen LogP contribution in [0.15, 0.2) is 34.8 Å². The molecule has 3 rings (SSSR count). The number of rotatable bonds is 3. The lowest BCUT2D eigenvalue weighted by molar-refractivity contribution is 0.0745. The highest BCUT2D eigenvalue weighted by molar-refractivity contribution is 9.10. The van der Waals surface area contributed by atoms with Crippen LogP contribution in [0, 0.1) is 6.92 Å². The molecule has 0 atom stereocenters. The minimum atomic E-state index is 0.0694. The van der Waals surface area contributed by atoms with Crippen molar-refractivity contribution in [3.05, 3.63) is 46.2 Å². The van der Waals surface area contributed by atoms with Crippen LogP contribution in [0.5, 0.6) is 0 Å². The number of benzene rings is 1. The highest BCUT2D eigenvalue weighted by Gasteiger charge is 2.24. The molecule has 0 bridgehead atoms. The lowest BCUT2D eigenvalue weighted by atomic mass is 10.2. The van der Waals surface area contributed by atoms with Gasteiger partial charge in [0.05, 0.1) is 5.56 Å². The summed E-state index contributed by atoms with van der Waals surface area (Å²) in [6, 6.07) is 9.56. The van der Waals surface area contributed by atoms with Gasteiger partial charge >= 0.3 is 0 Å². The average molecular weight is 404 g/mol. The van der Waals surface area contributed by atoms with Crippen molar-refractivity contribution in [2.24, 2.45) is 0 Å². The van der Waals surface area contributed by atoms with Crippen LogP contribution >= 0.6 is 15.9 Å². The van der Waals surface area contributed by atoms with Crippen molar-refractivity contribution in [2.75, 3.05) is 50.1 Å². The largest absolute Gasteiger partial charge is 0.363 e. The van der Waals surface area contributed by atoms with Gasteiger partial charge in [0, 0.05) is 50.8 Å². The number of carbonyl (C=O) groups is 1. The highest BCUT2D eigenvalue weighted by atomic mass is 79.9. The molecule has 0 radical (unpaired) electrons. The van der Waals surface area contributed by atoms with Crippen molar-refractivity contribution in [1.82, 2.24) is 14.9 Å². The van der Waals surface area contributed by atoms with E-state index in [9.17, 15) is 4.79 Å². The van der Waals surface area contributed by atoms with Crippen molar-refractivity contribution in [1.29, 1.82) is 0 Å². The summed E-state index contributed by atoms with van der Waals surface area (Å²) in [6.45, 7) is 4.79. The molecule has 2 heterocycles. The molecule has 0 aliphatic carbocycles. The van der Waals surface area contributed by atoms with E-state index in [1.54, 1.807) is 0 Å². The zero-order chi connectivity index (χ0) is 18.0. The zero-order valence-electron chi connectivity index (χ0n) is 14.7. The number of halogens is 1. The fraction of sp³-hybridized carbons (Fsp3) is 0.389. The summed E-state index contributed by atoms with van der Waals surface area (Å²) in [6.07, 6.45) is 0. The van der Waals surface area contributed by atoms with E-state index in [0.717, 1.165) is 35.0 Å². The Morgan fingerprint density at radius 2 is 1.80 bits per heavy atom. The Balaban J connectivity index is 1.70. The van der Waals surface area contributed by atoms with Crippen molar-refractivity contribution >= 4 is 33.5 Å². The maximum atomic E-state index is 12.7. The standard InChI is InChI=1S/C18H22BrN5O/c1-13-20-16(22(2)3)12-17(21-13)23-8-10-24(11-9-23)18(25)14-6-4-5-7-15(14)19/h4-7,12H,8-11H2,1-3H3. The first-order valence-corrected chi connectivity index (χ1v) is 9.07. The van der Waals surface area contributed by atoms with Gasteiger partial charge in [-0.1, -0.05) is 12.1 Å². The molecule has 1 fully saturated rings. The Labute approximate surface area is 156 Å². The average Bonchev–Trinajstić information content (AvgIpc) is 2.61. The van der Waals surface area contributed by atoms with Gasteiger partial charge in [0.2, 0.25) is 0 Å². The number of nitrogens with zero attached hydrogens (tertiary/aromatic N) is 5. The lowest BCUT2D eigenvalue weighted by Gasteiger charge is -2.35. The Kier molecular flexibility index (Phi) is 5.22. The van der Waals surface area contributed by atoms with Gasteiger partial charge in [0.1, 0.15) is 17.5 Å². The van der Waals surface area contributed by atoms with Crippen molar-refractivity contribution in [3.8, 4) is 0 Å². The molecule has 6 nitrogen and oxygen atoms in total. The second-order valence-corrected chi connectivity index (χ2v) is 7.14. The van der Waals surface area contributed by atoms with Gasteiger partial charge in [0.15, 0.2) is 0 Å². The summed E-state index contributed by atoms with van der Waals surface area (Å²) in [7, 11) is 3.94. The molecular formula is C18H22BrN5O. The van der Waals surface area contributed by atoms with Crippen molar-refractivity contribution in [3.63, 3.8) is 0 Å². The van der Waals surface area contributed by atoms with E-state index in [1.165, 1.54) is 0 Å². The van der Waals surface area contributed by atoms with Gasteiger partial charge in [0.25, 0.3) is 5.91 Å². The first kappa shape index (κ1) is 17.7. The van der Waals surface area contributed by atoms with Gasteiger partial charge in [-0.05, 0) is 35.0 Å². The maximum absolute atomic E-state index is 12.7. The summed E-state index contributed by atoms with van der Waals surface area (Å²) < 4.78 is 0.837. The topological polar surface area (TPSA) is 52.6 Å². The molecule has 0 N–H and O–H groups in total. The van der Waals surface area contributed by atoms with Crippen LogP contribution in [0.4, 0.5) is 11.6 Å². The normalized spacial score (nSPS) is 14.6. The first-order chi connectivity index (χ1) is 12.0. The number of hydrogen-bond acceptors (Lipinski definition) is 5. The number of anilines is 2. The summed E-state index contributed by atoms with van der Waals surface area (Å²) >= 11 is 3.46. The summed E-state index contributed by atoms with van der Waals surface area (Å²) in [4.78, 5) is 27.8. The number of carbonyl (C=O) groups excluding carboxylic acids is 1. The monoisotopic (exact) mass is 403 g/mol. The van der Waals surface area contributed by atoms with Crippen LogP contribution < -0.4 is 9.80 Å². The van der Waals surface area contributed by atoms with Gasteiger partial charge in [-0.3, -0.25) is 4.79 Å². The summed E-state index contributed by atoms with van der Waals surface area (Å²) in [5, 5.41) is 0. The van der Waals surface area contributed by atoms with Crippen LogP contribution in [0.1, 0.15) is 16.2 Å². The molecule has 1 saturated heterocycles. The lowest BCUT2D eigenvalue weighted by Crippen LogP contribution is -2.49. The Bertz CT molecular complexity index is 772. The number of piperazine rings is 1. The minimum Gasteiger partial charge on any atom is -0.363 e. The maximum Gasteiger partial charge on any atom is 0.255 e. The summed E-state index contributed by atoms with van der Waals surface area (Å²) in [5.74, 6) is 2.64. The molecule has 1 aliphatic heterocycles. The fourth-order valence-corrected chi connectivity index (χ4v) is 3.33. The number of hydrogen-bond donors (Lipinski definition) is 0. The van der Waals surface area contributed by atoms with Gasteiger partial charge in [-0.2, -0.15) is 0 Å². The Morgan fingerprint density at radius 3 is 2.44 bits per heavy atom. The third-order valence-corrected chi connectivity index (χ3v) is 4.96. The minimum absolute atomic E-state index is 0.0694.